The highest BCUT2D eigenvalue weighted by Crippen LogP contribution is 2.24. The molecule has 0 spiro atoms. The second kappa shape index (κ2) is 20.1. The second-order valence-electron chi connectivity index (χ2n) is 12.5. The van der Waals surface area contributed by atoms with Gasteiger partial charge < -0.3 is 23.8 Å². The lowest BCUT2D eigenvalue weighted by Gasteiger charge is -2.33. The molecule has 1 aliphatic rings. The van der Waals surface area contributed by atoms with E-state index in [2.05, 4.69) is 4.74 Å². The SMILES string of the molecule is COC(=O)c1ccc(CN(C(=O)N2CCOCC2)c2cccc(F)c2)cc1.COC(=O)c1ccc(CN(C(=O)Oc2ccc([N+](=O)[O-])cc2)c2cccc(F)c2)cc1. The minimum absolute atomic E-state index is 0.0245. The molecule has 1 saturated heterocycles. The molecule has 0 unspecified atom stereocenters. The first kappa shape index (κ1) is 42.0. The van der Waals surface area contributed by atoms with Crippen molar-refractivity contribution in [1.29, 1.82) is 0 Å². The quantitative estimate of drug-likeness (QED) is 0.0776. The first-order chi connectivity index (χ1) is 27.9. The number of hydrogen-bond donors (Lipinski definition) is 0. The molecule has 0 aliphatic carbocycles. The maximum Gasteiger partial charge on any atom is 0.420 e. The number of amides is 3. The molecule has 5 aromatic carbocycles. The maximum absolute atomic E-state index is 13.8. The van der Waals surface area contributed by atoms with Crippen LogP contribution in [0.4, 0.5) is 35.4 Å². The van der Waals surface area contributed by atoms with Gasteiger partial charge in [0.15, 0.2) is 0 Å². The van der Waals surface area contributed by atoms with Gasteiger partial charge in [0.25, 0.3) is 5.69 Å². The molecule has 0 atom stereocenters. The topological polar surface area (TPSA) is 158 Å². The van der Waals surface area contributed by atoms with Gasteiger partial charge in [-0.05, 0) is 83.9 Å². The molecular weight excluding hydrogens is 758 g/mol. The molecule has 16 heteroatoms. The van der Waals surface area contributed by atoms with Crippen LogP contribution in [0, 0.1) is 21.7 Å². The zero-order chi connectivity index (χ0) is 41.6. The van der Waals surface area contributed by atoms with Gasteiger partial charge in [0.05, 0.1) is 62.3 Å². The molecule has 0 bridgehead atoms. The third-order valence-electron chi connectivity index (χ3n) is 8.66. The van der Waals surface area contributed by atoms with Crippen molar-refractivity contribution in [2.45, 2.75) is 13.1 Å². The highest BCUT2D eigenvalue weighted by molar-refractivity contribution is 5.93. The average Bonchev–Trinajstić information content (AvgIpc) is 3.25. The molecule has 0 N–H and O–H groups in total. The largest absolute Gasteiger partial charge is 0.465 e. The Morgan fingerprint density at radius 1 is 0.690 bits per heavy atom. The fraction of sp³-hybridized carbons (Fsp3) is 0.190. The van der Waals surface area contributed by atoms with Crippen LogP contribution < -0.4 is 14.5 Å². The molecule has 6 rings (SSSR count). The summed E-state index contributed by atoms with van der Waals surface area (Å²) in [4.78, 5) is 63.7. The summed E-state index contributed by atoms with van der Waals surface area (Å²) < 4.78 is 47.5. The normalized spacial score (nSPS) is 12.0. The Kier molecular flexibility index (Phi) is 14.5. The summed E-state index contributed by atoms with van der Waals surface area (Å²) >= 11 is 0. The van der Waals surface area contributed by atoms with E-state index in [-0.39, 0.29) is 36.2 Å². The molecule has 58 heavy (non-hydrogen) atoms. The van der Waals surface area contributed by atoms with E-state index in [1.807, 2.05) is 0 Å². The van der Waals surface area contributed by atoms with Gasteiger partial charge in [-0.25, -0.2) is 28.0 Å². The molecule has 14 nitrogen and oxygen atoms in total. The zero-order valence-corrected chi connectivity index (χ0v) is 31.4. The van der Waals surface area contributed by atoms with E-state index in [1.54, 1.807) is 71.6 Å². The summed E-state index contributed by atoms with van der Waals surface area (Å²) in [5.41, 5.74) is 2.82. The Morgan fingerprint density at radius 3 is 1.60 bits per heavy atom. The monoisotopic (exact) mass is 796 g/mol. The number of methoxy groups -OCH3 is 2. The summed E-state index contributed by atoms with van der Waals surface area (Å²) in [6, 6.07) is 29.3. The van der Waals surface area contributed by atoms with Crippen LogP contribution in [0.25, 0.3) is 0 Å². The Morgan fingerprint density at radius 2 is 1.16 bits per heavy atom. The van der Waals surface area contributed by atoms with Crippen molar-refractivity contribution in [2.24, 2.45) is 0 Å². The number of ether oxygens (including phenoxy) is 4. The number of urea groups is 1. The van der Waals surface area contributed by atoms with Crippen LogP contribution in [0.3, 0.4) is 0 Å². The molecule has 0 aromatic heterocycles. The van der Waals surface area contributed by atoms with E-state index in [1.165, 1.54) is 78.6 Å². The number of non-ortho nitro benzene ring substituents is 1. The number of halogens is 2. The summed E-state index contributed by atoms with van der Waals surface area (Å²) in [6.45, 7) is 2.22. The van der Waals surface area contributed by atoms with E-state index in [0.29, 0.717) is 48.7 Å². The first-order valence-corrected chi connectivity index (χ1v) is 17.7. The predicted octanol–water partition coefficient (Wildman–Crippen LogP) is 7.80. The molecule has 3 amide bonds. The van der Waals surface area contributed by atoms with E-state index < -0.39 is 34.6 Å². The number of benzene rings is 5. The Balaban J connectivity index is 0.000000223. The third kappa shape index (κ3) is 11.4. The van der Waals surface area contributed by atoms with Gasteiger partial charge in [0.2, 0.25) is 0 Å². The highest BCUT2D eigenvalue weighted by Gasteiger charge is 2.25. The van der Waals surface area contributed by atoms with Crippen molar-refractivity contribution >= 4 is 41.1 Å². The van der Waals surface area contributed by atoms with Gasteiger partial charge in [-0.15, -0.1) is 0 Å². The maximum atomic E-state index is 13.8. The van der Waals surface area contributed by atoms with Gasteiger partial charge >= 0.3 is 24.1 Å². The van der Waals surface area contributed by atoms with Crippen molar-refractivity contribution in [2.75, 3.05) is 50.3 Å². The molecule has 1 fully saturated rings. The number of hydrogen-bond acceptors (Lipinski definition) is 10. The lowest BCUT2D eigenvalue weighted by Crippen LogP contribution is -2.48. The summed E-state index contributed by atoms with van der Waals surface area (Å²) in [5.74, 6) is -1.77. The predicted molar refractivity (Wildman–Crippen MR) is 208 cm³/mol. The number of carbonyl (C=O) groups excluding carboxylic acids is 4. The van der Waals surface area contributed by atoms with E-state index >= 15 is 0 Å². The van der Waals surface area contributed by atoms with E-state index in [0.717, 1.165) is 5.56 Å². The smallest absolute Gasteiger partial charge is 0.420 e. The lowest BCUT2D eigenvalue weighted by atomic mass is 10.1. The number of anilines is 2. The van der Waals surface area contributed by atoms with E-state index in [9.17, 15) is 38.1 Å². The van der Waals surface area contributed by atoms with Gasteiger partial charge in [0.1, 0.15) is 17.4 Å². The van der Waals surface area contributed by atoms with Crippen LogP contribution in [0.15, 0.2) is 121 Å². The van der Waals surface area contributed by atoms with Gasteiger partial charge in [-0.2, -0.15) is 0 Å². The Hall–Kier alpha value is -7.20. The van der Waals surface area contributed by atoms with Crippen LogP contribution >= 0.6 is 0 Å². The van der Waals surface area contributed by atoms with Gasteiger partial charge in [0, 0.05) is 30.9 Å². The Labute approximate surface area is 331 Å². The minimum Gasteiger partial charge on any atom is -0.465 e. The molecule has 5 aromatic rings. The fourth-order valence-electron chi connectivity index (χ4n) is 5.63. The van der Waals surface area contributed by atoms with Crippen molar-refractivity contribution in [1.82, 2.24) is 4.90 Å². The molecule has 1 heterocycles. The number of morpholine rings is 1. The summed E-state index contributed by atoms with van der Waals surface area (Å²) in [5, 5.41) is 10.8. The van der Waals surface area contributed by atoms with Crippen LogP contribution in [0.5, 0.6) is 5.75 Å². The molecule has 0 radical (unpaired) electrons. The standard InChI is InChI=1S/C22H17FN2O6.C20H21FN2O4/c1-30-21(26)16-7-5-15(6-8-16)14-24(19-4-2-3-17(23)13-19)22(27)31-20-11-9-18(10-12-20)25(28)29;1-26-19(24)16-7-5-15(6-8-16)14-23(18-4-2-3-17(21)13-18)20(25)22-9-11-27-12-10-22/h2-13H,14H2,1H3;2-8,13H,9-12,14H2,1H3. The fourth-order valence-corrected chi connectivity index (χ4v) is 5.63. The average molecular weight is 797 g/mol. The van der Waals surface area contributed by atoms with Crippen molar-refractivity contribution < 1.29 is 51.8 Å². The van der Waals surface area contributed by atoms with Crippen LogP contribution in [-0.4, -0.2) is 74.4 Å². The van der Waals surface area contributed by atoms with Gasteiger partial charge in [-0.1, -0.05) is 36.4 Å². The van der Waals surface area contributed by atoms with Crippen LogP contribution in [0.1, 0.15) is 31.8 Å². The molecular formula is C42H38F2N4O10. The molecule has 1 aliphatic heterocycles. The number of rotatable bonds is 10. The van der Waals surface area contributed by atoms with Crippen molar-refractivity contribution in [3.05, 3.63) is 165 Å². The van der Waals surface area contributed by atoms with Crippen LogP contribution in [-0.2, 0) is 27.3 Å². The summed E-state index contributed by atoms with van der Waals surface area (Å²) in [6.07, 6.45) is -0.809. The number of carbonyl (C=O) groups is 4. The number of nitro groups is 1. The minimum atomic E-state index is -0.809. The van der Waals surface area contributed by atoms with E-state index in [4.69, 9.17) is 14.2 Å². The highest BCUT2D eigenvalue weighted by atomic mass is 19.1. The first-order valence-electron chi connectivity index (χ1n) is 17.7. The lowest BCUT2D eigenvalue weighted by molar-refractivity contribution is -0.384. The van der Waals surface area contributed by atoms with Crippen LogP contribution in [0.2, 0.25) is 0 Å². The second-order valence-corrected chi connectivity index (χ2v) is 12.5. The van der Waals surface area contributed by atoms with Gasteiger partial charge in [-0.3, -0.25) is 19.9 Å². The molecule has 0 saturated carbocycles. The van der Waals surface area contributed by atoms with Crippen molar-refractivity contribution in [3.63, 3.8) is 0 Å². The molecule has 300 valence electrons. The van der Waals surface area contributed by atoms with Crippen molar-refractivity contribution in [3.8, 4) is 5.75 Å². The zero-order valence-electron chi connectivity index (χ0n) is 31.4. The summed E-state index contributed by atoms with van der Waals surface area (Å²) in [7, 11) is 2.60. The number of esters is 2. The third-order valence-corrected chi connectivity index (χ3v) is 8.66. The number of nitro benzene ring substituents is 1. The number of nitrogens with zero attached hydrogens (tertiary/aromatic N) is 4. The Bertz CT molecular complexity index is 2220.